The standard InChI is InChI=1S/C9H17N5/c1-6(2)4-14(3)9-7(10)8(11)12-5-13-9/h5-6H,4,10H2,1-3H3,(H2,11,12,13). The van der Waals surface area contributed by atoms with Crippen LogP contribution in [-0.2, 0) is 0 Å². The Morgan fingerprint density at radius 1 is 1.36 bits per heavy atom. The van der Waals surface area contributed by atoms with Crippen LogP contribution in [-0.4, -0.2) is 23.6 Å². The number of aromatic nitrogens is 2. The summed E-state index contributed by atoms with van der Waals surface area (Å²) in [5.41, 5.74) is 11.8. The van der Waals surface area contributed by atoms with Crippen LogP contribution in [0.4, 0.5) is 17.3 Å². The third kappa shape index (κ3) is 2.25. The topological polar surface area (TPSA) is 81.1 Å². The molecule has 0 saturated carbocycles. The van der Waals surface area contributed by atoms with Gasteiger partial charge in [0.2, 0.25) is 0 Å². The summed E-state index contributed by atoms with van der Waals surface area (Å²) < 4.78 is 0. The van der Waals surface area contributed by atoms with E-state index in [-0.39, 0.29) is 0 Å². The molecule has 4 N–H and O–H groups in total. The van der Waals surface area contributed by atoms with Gasteiger partial charge in [0.1, 0.15) is 12.0 Å². The van der Waals surface area contributed by atoms with E-state index in [1.165, 1.54) is 6.33 Å². The monoisotopic (exact) mass is 195 g/mol. The normalized spacial score (nSPS) is 10.6. The predicted octanol–water partition coefficient (Wildman–Crippen LogP) is 0.733. The first kappa shape index (κ1) is 10.6. The number of rotatable bonds is 3. The number of hydrogen-bond acceptors (Lipinski definition) is 5. The average molecular weight is 195 g/mol. The second-order valence-electron chi connectivity index (χ2n) is 3.77. The van der Waals surface area contributed by atoms with Gasteiger partial charge in [-0.1, -0.05) is 13.8 Å². The molecule has 14 heavy (non-hydrogen) atoms. The lowest BCUT2D eigenvalue weighted by Gasteiger charge is -2.21. The molecule has 0 aliphatic rings. The first-order chi connectivity index (χ1) is 6.52. The predicted molar refractivity (Wildman–Crippen MR) is 59.0 cm³/mol. The minimum atomic E-state index is 0.339. The molecule has 0 aliphatic heterocycles. The van der Waals surface area contributed by atoms with Crippen LogP contribution in [0, 0.1) is 5.92 Å². The average Bonchev–Trinajstić information content (AvgIpc) is 2.08. The maximum atomic E-state index is 5.77. The van der Waals surface area contributed by atoms with Gasteiger partial charge in [0.15, 0.2) is 11.6 Å². The molecular formula is C9H17N5. The van der Waals surface area contributed by atoms with E-state index in [4.69, 9.17) is 11.5 Å². The van der Waals surface area contributed by atoms with Gasteiger partial charge in [0, 0.05) is 13.6 Å². The van der Waals surface area contributed by atoms with Crippen molar-refractivity contribution < 1.29 is 0 Å². The van der Waals surface area contributed by atoms with Gasteiger partial charge in [-0.3, -0.25) is 0 Å². The van der Waals surface area contributed by atoms with Crippen molar-refractivity contribution in [1.29, 1.82) is 0 Å². The Morgan fingerprint density at radius 3 is 2.57 bits per heavy atom. The SMILES string of the molecule is CC(C)CN(C)c1ncnc(N)c1N. The molecule has 1 aromatic rings. The van der Waals surface area contributed by atoms with Crippen molar-refractivity contribution in [2.75, 3.05) is 30.0 Å². The highest BCUT2D eigenvalue weighted by molar-refractivity contribution is 5.72. The summed E-state index contributed by atoms with van der Waals surface area (Å²) >= 11 is 0. The van der Waals surface area contributed by atoms with E-state index in [1.807, 2.05) is 11.9 Å². The molecule has 1 rings (SSSR count). The molecular weight excluding hydrogens is 178 g/mol. The molecule has 5 nitrogen and oxygen atoms in total. The van der Waals surface area contributed by atoms with Crippen LogP contribution in [0.2, 0.25) is 0 Å². The van der Waals surface area contributed by atoms with E-state index >= 15 is 0 Å². The van der Waals surface area contributed by atoms with Crippen LogP contribution in [0.15, 0.2) is 6.33 Å². The Hall–Kier alpha value is -1.52. The Bertz CT molecular complexity index is 310. The van der Waals surface area contributed by atoms with Crippen molar-refractivity contribution >= 4 is 17.3 Å². The summed E-state index contributed by atoms with van der Waals surface area (Å²) in [4.78, 5) is 9.90. The van der Waals surface area contributed by atoms with Gasteiger partial charge in [0.05, 0.1) is 0 Å². The number of nitrogen functional groups attached to an aromatic ring is 2. The maximum absolute atomic E-state index is 5.77. The first-order valence-corrected chi connectivity index (χ1v) is 4.59. The quantitative estimate of drug-likeness (QED) is 0.743. The van der Waals surface area contributed by atoms with E-state index in [9.17, 15) is 0 Å². The van der Waals surface area contributed by atoms with Crippen molar-refractivity contribution in [2.24, 2.45) is 5.92 Å². The molecule has 0 radical (unpaired) electrons. The molecule has 0 spiro atoms. The van der Waals surface area contributed by atoms with Crippen molar-refractivity contribution in [1.82, 2.24) is 9.97 Å². The van der Waals surface area contributed by atoms with Gasteiger partial charge in [-0.05, 0) is 5.92 Å². The molecule has 0 amide bonds. The number of nitrogens with zero attached hydrogens (tertiary/aromatic N) is 3. The Morgan fingerprint density at radius 2 is 2.00 bits per heavy atom. The van der Waals surface area contributed by atoms with Crippen molar-refractivity contribution in [3.63, 3.8) is 0 Å². The van der Waals surface area contributed by atoms with E-state index in [2.05, 4.69) is 23.8 Å². The number of nitrogens with two attached hydrogens (primary N) is 2. The fourth-order valence-electron chi connectivity index (χ4n) is 1.34. The second kappa shape index (κ2) is 4.13. The lowest BCUT2D eigenvalue weighted by Crippen LogP contribution is -2.25. The van der Waals surface area contributed by atoms with E-state index in [1.54, 1.807) is 0 Å². The van der Waals surface area contributed by atoms with Crippen LogP contribution in [0.25, 0.3) is 0 Å². The summed E-state index contributed by atoms with van der Waals surface area (Å²) in [5.74, 6) is 1.59. The third-order valence-corrected chi connectivity index (χ3v) is 1.89. The Labute approximate surface area is 84.1 Å². The van der Waals surface area contributed by atoms with Crippen LogP contribution in [0.3, 0.4) is 0 Å². The maximum Gasteiger partial charge on any atom is 0.157 e. The van der Waals surface area contributed by atoms with E-state index in [0.717, 1.165) is 6.54 Å². The van der Waals surface area contributed by atoms with Gasteiger partial charge >= 0.3 is 0 Å². The minimum Gasteiger partial charge on any atom is -0.393 e. The highest BCUT2D eigenvalue weighted by Gasteiger charge is 2.10. The summed E-state index contributed by atoms with van der Waals surface area (Å²) in [5, 5.41) is 0. The molecule has 0 atom stereocenters. The highest BCUT2D eigenvalue weighted by Crippen LogP contribution is 2.22. The van der Waals surface area contributed by atoms with E-state index < -0.39 is 0 Å². The summed E-state index contributed by atoms with van der Waals surface area (Å²) in [7, 11) is 1.94. The molecule has 0 saturated heterocycles. The van der Waals surface area contributed by atoms with E-state index in [0.29, 0.717) is 23.2 Å². The highest BCUT2D eigenvalue weighted by atomic mass is 15.2. The molecule has 0 aromatic carbocycles. The van der Waals surface area contributed by atoms with Gasteiger partial charge < -0.3 is 16.4 Å². The largest absolute Gasteiger partial charge is 0.393 e. The fraction of sp³-hybridized carbons (Fsp3) is 0.556. The molecule has 78 valence electrons. The molecule has 0 fully saturated rings. The summed E-state index contributed by atoms with van der Waals surface area (Å²) in [6.45, 7) is 5.16. The molecule has 1 heterocycles. The number of anilines is 3. The minimum absolute atomic E-state index is 0.339. The molecule has 5 heteroatoms. The fourth-order valence-corrected chi connectivity index (χ4v) is 1.34. The van der Waals surface area contributed by atoms with Gasteiger partial charge in [-0.25, -0.2) is 9.97 Å². The lowest BCUT2D eigenvalue weighted by atomic mass is 10.2. The Balaban J connectivity index is 2.89. The zero-order valence-corrected chi connectivity index (χ0v) is 8.86. The first-order valence-electron chi connectivity index (χ1n) is 4.59. The summed E-state index contributed by atoms with van der Waals surface area (Å²) in [6, 6.07) is 0. The van der Waals surface area contributed by atoms with Crippen LogP contribution >= 0.6 is 0 Å². The molecule has 0 aliphatic carbocycles. The van der Waals surface area contributed by atoms with Gasteiger partial charge in [-0.15, -0.1) is 0 Å². The third-order valence-electron chi connectivity index (χ3n) is 1.89. The molecule has 0 unspecified atom stereocenters. The van der Waals surface area contributed by atoms with Crippen LogP contribution < -0.4 is 16.4 Å². The van der Waals surface area contributed by atoms with Crippen LogP contribution in [0.5, 0.6) is 0 Å². The second-order valence-corrected chi connectivity index (χ2v) is 3.77. The van der Waals surface area contributed by atoms with Gasteiger partial charge in [0.25, 0.3) is 0 Å². The molecule has 1 aromatic heterocycles. The van der Waals surface area contributed by atoms with Crippen molar-refractivity contribution in [3.8, 4) is 0 Å². The van der Waals surface area contributed by atoms with Crippen molar-refractivity contribution in [3.05, 3.63) is 6.33 Å². The number of hydrogen-bond donors (Lipinski definition) is 2. The Kier molecular flexibility index (Phi) is 3.11. The van der Waals surface area contributed by atoms with Gasteiger partial charge in [-0.2, -0.15) is 0 Å². The zero-order chi connectivity index (χ0) is 10.7. The zero-order valence-electron chi connectivity index (χ0n) is 8.86. The summed E-state index contributed by atoms with van der Waals surface area (Å²) in [6.07, 6.45) is 1.43. The molecule has 0 bridgehead atoms. The van der Waals surface area contributed by atoms with Crippen molar-refractivity contribution in [2.45, 2.75) is 13.8 Å². The van der Waals surface area contributed by atoms with Crippen LogP contribution in [0.1, 0.15) is 13.8 Å². The lowest BCUT2D eigenvalue weighted by molar-refractivity contribution is 0.635. The smallest absolute Gasteiger partial charge is 0.157 e.